The molecule has 1 aliphatic heterocycles. The molecular weight excluding hydrogens is 270 g/mol. The van der Waals surface area contributed by atoms with Crippen molar-refractivity contribution in [3.8, 4) is 0 Å². The molecule has 2 N–H and O–H groups in total. The van der Waals surface area contributed by atoms with Crippen molar-refractivity contribution in [3.63, 3.8) is 0 Å². The molecule has 18 heavy (non-hydrogen) atoms. The van der Waals surface area contributed by atoms with Crippen LogP contribution in [0.1, 0.15) is 26.7 Å². The zero-order valence-electron chi connectivity index (χ0n) is 11.1. The molecule has 0 spiro atoms. The van der Waals surface area contributed by atoms with Crippen LogP contribution in [0.5, 0.6) is 0 Å². The van der Waals surface area contributed by atoms with Gasteiger partial charge in [0.05, 0.1) is 4.99 Å². The van der Waals surface area contributed by atoms with Crippen LogP contribution in [0, 0.1) is 0 Å². The van der Waals surface area contributed by atoms with Crippen molar-refractivity contribution in [2.45, 2.75) is 31.9 Å². The van der Waals surface area contributed by atoms with Gasteiger partial charge < -0.3 is 10.6 Å². The van der Waals surface area contributed by atoms with Crippen molar-refractivity contribution in [2.75, 3.05) is 32.7 Å². The third-order valence-corrected chi connectivity index (χ3v) is 6.10. The van der Waals surface area contributed by atoms with E-state index in [1.54, 1.807) is 6.92 Å². The Morgan fingerprint density at radius 1 is 1.28 bits per heavy atom. The molecule has 1 atom stereocenters. The summed E-state index contributed by atoms with van der Waals surface area (Å²) in [4.78, 5) is 2.36. The molecule has 7 heteroatoms. The van der Waals surface area contributed by atoms with Crippen LogP contribution in [-0.4, -0.2) is 60.6 Å². The number of sulfonamides is 1. The van der Waals surface area contributed by atoms with Gasteiger partial charge in [-0.1, -0.05) is 26.1 Å². The third-order valence-electron chi connectivity index (χ3n) is 3.28. The fraction of sp³-hybridized carbons (Fsp3) is 0.909. The smallest absolute Gasteiger partial charge is 0.223 e. The lowest BCUT2D eigenvalue weighted by Crippen LogP contribution is -2.52. The van der Waals surface area contributed by atoms with Gasteiger partial charge in [0.1, 0.15) is 5.25 Å². The first-order chi connectivity index (χ1) is 8.43. The molecule has 5 nitrogen and oxygen atoms in total. The molecule has 0 aliphatic carbocycles. The maximum absolute atomic E-state index is 12.4. The van der Waals surface area contributed by atoms with E-state index in [2.05, 4.69) is 11.8 Å². The van der Waals surface area contributed by atoms with Crippen LogP contribution in [0.25, 0.3) is 0 Å². The molecule has 0 amide bonds. The average Bonchev–Trinajstić information content (AvgIpc) is 2.30. The summed E-state index contributed by atoms with van der Waals surface area (Å²) >= 11 is 4.86. The van der Waals surface area contributed by atoms with Crippen LogP contribution < -0.4 is 5.73 Å². The summed E-state index contributed by atoms with van der Waals surface area (Å²) in [6.07, 6.45) is 1.53. The number of hydrogen-bond donors (Lipinski definition) is 1. The van der Waals surface area contributed by atoms with Crippen LogP contribution in [0.3, 0.4) is 0 Å². The molecule has 106 valence electrons. The zero-order valence-corrected chi connectivity index (χ0v) is 12.8. The summed E-state index contributed by atoms with van der Waals surface area (Å²) in [6.45, 7) is 7.63. The third kappa shape index (κ3) is 3.63. The highest BCUT2D eigenvalue weighted by molar-refractivity contribution is 7.92. The number of piperazine rings is 1. The summed E-state index contributed by atoms with van der Waals surface area (Å²) in [5, 5.41) is -0.717. The van der Waals surface area contributed by atoms with Gasteiger partial charge in [-0.2, -0.15) is 4.31 Å². The molecule has 0 saturated carbocycles. The molecule has 0 bridgehead atoms. The molecule has 1 aliphatic rings. The van der Waals surface area contributed by atoms with Gasteiger partial charge in [0, 0.05) is 26.2 Å². The molecule has 0 radical (unpaired) electrons. The van der Waals surface area contributed by atoms with Crippen LogP contribution in [0.4, 0.5) is 0 Å². The maximum Gasteiger partial charge on any atom is 0.223 e. The summed E-state index contributed by atoms with van der Waals surface area (Å²) in [6, 6.07) is 0. The Kier molecular flexibility index (Phi) is 5.97. The van der Waals surface area contributed by atoms with Crippen molar-refractivity contribution in [2.24, 2.45) is 5.73 Å². The van der Waals surface area contributed by atoms with Crippen LogP contribution >= 0.6 is 12.2 Å². The molecule has 1 fully saturated rings. The summed E-state index contributed by atoms with van der Waals surface area (Å²) < 4.78 is 26.3. The summed E-state index contributed by atoms with van der Waals surface area (Å²) in [5.74, 6) is 0. The second-order valence-electron chi connectivity index (χ2n) is 4.58. The fourth-order valence-corrected chi connectivity index (χ4v) is 4.54. The minimum absolute atomic E-state index is 0.0773. The number of rotatable bonds is 6. The van der Waals surface area contributed by atoms with E-state index in [4.69, 9.17) is 18.0 Å². The van der Waals surface area contributed by atoms with Crippen molar-refractivity contribution < 1.29 is 8.42 Å². The molecule has 1 rings (SSSR count). The normalized spacial score (nSPS) is 20.8. The van der Waals surface area contributed by atoms with E-state index < -0.39 is 15.3 Å². The molecule has 0 aromatic heterocycles. The number of thiocarbonyl (C=S) groups is 1. The Morgan fingerprint density at radius 3 is 2.22 bits per heavy atom. The van der Waals surface area contributed by atoms with Gasteiger partial charge >= 0.3 is 0 Å². The van der Waals surface area contributed by atoms with Crippen LogP contribution in [0.15, 0.2) is 0 Å². The largest absolute Gasteiger partial charge is 0.392 e. The predicted molar refractivity (Wildman–Crippen MR) is 78.1 cm³/mol. The van der Waals surface area contributed by atoms with Gasteiger partial charge in [-0.25, -0.2) is 8.42 Å². The second kappa shape index (κ2) is 6.79. The van der Waals surface area contributed by atoms with E-state index in [1.165, 1.54) is 4.31 Å². The lowest BCUT2D eigenvalue weighted by Gasteiger charge is -2.35. The molecule has 1 saturated heterocycles. The Bertz CT molecular complexity index is 376. The van der Waals surface area contributed by atoms with Gasteiger partial charge in [-0.3, -0.25) is 0 Å². The van der Waals surface area contributed by atoms with E-state index in [0.29, 0.717) is 19.5 Å². The van der Waals surface area contributed by atoms with E-state index in [-0.39, 0.29) is 4.99 Å². The van der Waals surface area contributed by atoms with Gasteiger partial charge in [-0.05, 0) is 19.4 Å². The molecule has 0 aromatic rings. The molecule has 0 aromatic carbocycles. The SMILES string of the molecule is CCCN1CCN(S(=O)(=O)C(CC)C(N)=S)CC1. The van der Waals surface area contributed by atoms with E-state index in [9.17, 15) is 8.42 Å². The quantitative estimate of drug-likeness (QED) is 0.719. The highest BCUT2D eigenvalue weighted by Crippen LogP contribution is 2.15. The van der Waals surface area contributed by atoms with E-state index in [1.807, 2.05) is 0 Å². The Hall–Kier alpha value is -0.240. The first kappa shape index (κ1) is 15.8. The highest BCUT2D eigenvalue weighted by Gasteiger charge is 2.34. The standard InChI is InChI=1S/C11H23N3O2S2/c1-3-5-13-6-8-14(9-7-13)18(15,16)10(4-2)11(12)17/h10H,3-9H2,1-2H3,(H2,12,17). The minimum atomic E-state index is -3.37. The fourth-order valence-electron chi connectivity index (χ4n) is 2.26. The minimum Gasteiger partial charge on any atom is -0.392 e. The van der Waals surface area contributed by atoms with E-state index >= 15 is 0 Å². The van der Waals surface area contributed by atoms with Crippen molar-refractivity contribution >= 4 is 27.2 Å². The van der Waals surface area contributed by atoms with Crippen molar-refractivity contribution in [1.29, 1.82) is 0 Å². The summed E-state index contributed by atoms with van der Waals surface area (Å²) in [5.41, 5.74) is 5.53. The number of nitrogens with two attached hydrogens (primary N) is 1. The second-order valence-corrected chi connectivity index (χ2v) is 7.17. The number of nitrogens with zero attached hydrogens (tertiary/aromatic N) is 2. The van der Waals surface area contributed by atoms with Gasteiger partial charge in [0.25, 0.3) is 0 Å². The molecule has 1 unspecified atom stereocenters. The summed E-state index contributed by atoms with van der Waals surface area (Å²) in [7, 11) is -3.37. The highest BCUT2D eigenvalue weighted by atomic mass is 32.2. The Balaban J connectivity index is 2.68. The van der Waals surface area contributed by atoms with Gasteiger partial charge in [0.2, 0.25) is 10.0 Å². The van der Waals surface area contributed by atoms with Crippen molar-refractivity contribution in [3.05, 3.63) is 0 Å². The van der Waals surface area contributed by atoms with Crippen molar-refractivity contribution in [1.82, 2.24) is 9.21 Å². The average molecular weight is 293 g/mol. The molecular formula is C11H23N3O2S2. The lowest BCUT2D eigenvalue weighted by atomic mass is 10.3. The zero-order chi connectivity index (χ0) is 13.8. The van der Waals surface area contributed by atoms with Crippen LogP contribution in [0.2, 0.25) is 0 Å². The van der Waals surface area contributed by atoms with Gasteiger partial charge in [0.15, 0.2) is 0 Å². The van der Waals surface area contributed by atoms with E-state index in [0.717, 1.165) is 26.1 Å². The van der Waals surface area contributed by atoms with Gasteiger partial charge in [-0.15, -0.1) is 0 Å². The van der Waals surface area contributed by atoms with Crippen LogP contribution in [-0.2, 0) is 10.0 Å². The number of hydrogen-bond acceptors (Lipinski definition) is 4. The monoisotopic (exact) mass is 293 g/mol. The first-order valence-corrected chi connectivity index (χ1v) is 8.35. The lowest BCUT2D eigenvalue weighted by molar-refractivity contribution is 0.188. The first-order valence-electron chi connectivity index (χ1n) is 6.44. The predicted octanol–water partition coefficient (Wildman–Crippen LogP) is 0.409. The maximum atomic E-state index is 12.4. The molecule has 1 heterocycles. The Labute approximate surface area is 115 Å². The Morgan fingerprint density at radius 2 is 1.83 bits per heavy atom. The topological polar surface area (TPSA) is 66.6 Å².